The van der Waals surface area contributed by atoms with Crippen molar-refractivity contribution < 1.29 is 27.9 Å². The zero-order valence-electron chi connectivity index (χ0n) is 17.0. The van der Waals surface area contributed by atoms with Crippen LogP contribution in [-0.4, -0.2) is 26.6 Å². The van der Waals surface area contributed by atoms with E-state index in [1.165, 1.54) is 12.1 Å². The number of carbonyl (C=O) groups is 2. The minimum absolute atomic E-state index is 0.0966. The van der Waals surface area contributed by atoms with Gasteiger partial charge in [0.15, 0.2) is 5.78 Å². The molecule has 0 fully saturated rings. The summed E-state index contributed by atoms with van der Waals surface area (Å²) in [6.07, 6.45) is -4.67. The van der Waals surface area contributed by atoms with Gasteiger partial charge in [-0.15, -0.1) is 0 Å². The van der Waals surface area contributed by atoms with Crippen molar-refractivity contribution in [2.24, 2.45) is 0 Å². The number of hydrogen-bond acceptors (Lipinski definition) is 3. The molecule has 5 nitrogen and oxygen atoms in total. The summed E-state index contributed by atoms with van der Waals surface area (Å²) < 4.78 is 40.3. The van der Waals surface area contributed by atoms with Gasteiger partial charge in [-0.05, 0) is 31.0 Å². The van der Waals surface area contributed by atoms with Crippen LogP contribution in [0.5, 0.6) is 0 Å². The molecule has 0 unspecified atom stereocenters. The Bertz CT molecular complexity index is 1120. The minimum atomic E-state index is -4.45. The second kappa shape index (κ2) is 8.75. The molecule has 3 rings (SSSR count). The van der Waals surface area contributed by atoms with Crippen molar-refractivity contribution >= 4 is 11.8 Å². The highest BCUT2D eigenvalue weighted by Crippen LogP contribution is 2.29. The molecule has 0 spiro atoms. The average molecular weight is 430 g/mol. The first-order valence-corrected chi connectivity index (χ1v) is 9.57. The Kier molecular flexibility index (Phi) is 6.29. The van der Waals surface area contributed by atoms with Gasteiger partial charge in [0.2, 0.25) is 0 Å². The molecule has 1 aromatic heterocycles. The maximum Gasteiger partial charge on any atom is 0.416 e. The number of carboxylic acid groups (broad SMARTS) is 1. The van der Waals surface area contributed by atoms with Gasteiger partial charge in [-0.25, -0.2) is 0 Å². The number of carboxylic acids is 1. The number of aryl methyl sites for hydroxylation is 1. The molecular weight excluding hydrogens is 409 g/mol. The van der Waals surface area contributed by atoms with Crippen LogP contribution in [0.3, 0.4) is 0 Å². The van der Waals surface area contributed by atoms with Crippen LogP contribution in [0.2, 0.25) is 0 Å². The molecule has 0 saturated heterocycles. The second-order valence-corrected chi connectivity index (χ2v) is 7.37. The van der Waals surface area contributed by atoms with E-state index in [0.29, 0.717) is 28.9 Å². The molecule has 0 aliphatic carbocycles. The molecule has 31 heavy (non-hydrogen) atoms. The molecule has 0 radical (unpaired) electrons. The largest absolute Gasteiger partial charge is 0.481 e. The zero-order valence-corrected chi connectivity index (χ0v) is 17.0. The molecule has 3 aromatic rings. The van der Waals surface area contributed by atoms with E-state index >= 15 is 0 Å². The quantitative estimate of drug-likeness (QED) is 0.555. The van der Waals surface area contributed by atoms with Crippen molar-refractivity contribution in [1.29, 1.82) is 0 Å². The summed E-state index contributed by atoms with van der Waals surface area (Å²) in [6.45, 7) is 3.98. The van der Waals surface area contributed by atoms with Crippen molar-refractivity contribution in [2.75, 3.05) is 0 Å². The molecule has 0 aliphatic heterocycles. The molecule has 0 atom stereocenters. The molecule has 8 heteroatoms. The van der Waals surface area contributed by atoms with Gasteiger partial charge >= 0.3 is 12.1 Å². The predicted molar refractivity (Wildman–Crippen MR) is 108 cm³/mol. The minimum Gasteiger partial charge on any atom is -0.481 e. The molecule has 2 aromatic carbocycles. The van der Waals surface area contributed by atoms with Crippen LogP contribution in [0, 0.1) is 13.8 Å². The van der Waals surface area contributed by atoms with Crippen LogP contribution in [0.15, 0.2) is 48.5 Å². The number of aliphatic carboxylic acids is 1. The van der Waals surface area contributed by atoms with Crippen LogP contribution in [-0.2, 0) is 30.4 Å². The third-order valence-electron chi connectivity index (χ3n) is 5.09. The summed E-state index contributed by atoms with van der Waals surface area (Å²) in [5.74, 6) is -1.20. The maximum absolute atomic E-state index is 12.8. The van der Waals surface area contributed by atoms with Gasteiger partial charge in [-0.1, -0.05) is 42.5 Å². The molecule has 1 heterocycles. The smallest absolute Gasteiger partial charge is 0.416 e. The first-order chi connectivity index (χ1) is 14.5. The fraction of sp³-hybridized carbons (Fsp3) is 0.261. The highest BCUT2D eigenvalue weighted by molar-refractivity contribution is 5.97. The van der Waals surface area contributed by atoms with Crippen molar-refractivity contribution in [3.05, 3.63) is 87.7 Å². The Morgan fingerprint density at radius 2 is 1.68 bits per heavy atom. The summed E-state index contributed by atoms with van der Waals surface area (Å²) in [5, 5.41) is 13.4. The Hall–Kier alpha value is -3.42. The number of carbonyl (C=O) groups excluding carboxylic acids is 1. The number of nitrogens with zero attached hydrogens (tertiary/aromatic N) is 2. The van der Waals surface area contributed by atoms with Gasteiger partial charge in [0.05, 0.1) is 24.2 Å². The second-order valence-electron chi connectivity index (χ2n) is 7.37. The topological polar surface area (TPSA) is 72.2 Å². The number of benzene rings is 2. The summed E-state index contributed by atoms with van der Waals surface area (Å²) in [4.78, 5) is 23.5. The van der Waals surface area contributed by atoms with Crippen LogP contribution in [0.4, 0.5) is 13.2 Å². The number of alkyl halides is 3. The van der Waals surface area contributed by atoms with Crippen molar-refractivity contribution in [3.8, 4) is 0 Å². The van der Waals surface area contributed by atoms with Gasteiger partial charge in [0, 0.05) is 23.2 Å². The van der Waals surface area contributed by atoms with E-state index in [-0.39, 0.29) is 18.6 Å². The number of Topliss-reactive ketones (excluding diaryl/α,β-unsaturated/α-hetero) is 1. The Morgan fingerprint density at radius 3 is 2.29 bits per heavy atom. The lowest BCUT2D eigenvalue weighted by Gasteiger charge is -2.09. The van der Waals surface area contributed by atoms with E-state index in [0.717, 1.165) is 23.4 Å². The van der Waals surface area contributed by atoms with Crippen molar-refractivity contribution in [2.45, 2.75) is 39.4 Å². The third kappa shape index (κ3) is 5.39. The number of ketones is 1. The summed E-state index contributed by atoms with van der Waals surface area (Å²) >= 11 is 0. The van der Waals surface area contributed by atoms with Gasteiger partial charge < -0.3 is 5.11 Å². The lowest BCUT2D eigenvalue weighted by molar-refractivity contribution is -0.138. The summed E-state index contributed by atoms with van der Waals surface area (Å²) in [6, 6.07) is 11.5. The lowest BCUT2D eigenvalue weighted by Crippen LogP contribution is -2.08. The molecule has 0 amide bonds. The van der Waals surface area contributed by atoms with E-state index in [9.17, 15) is 22.8 Å². The summed E-state index contributed by atoms with van der Waals surface area (Å²) in [7, 11) is 0. The van der Waals surface area contributed by atoms with E-state index < -0.39 is 17.7 Å². The lowest BCUT2D eigenvalue weighted by atomic mass is 10.0. The van der Waals surface area contributed by atoms with Gasteiger partial charge in [0.25, 0.3) is 0 Å². The van der Waals surface area contributed by atoms with E-state index in [4.69, 9.17) is 5.11 Å². The molecule has 0 bridgehead atoms. The molecular formula is C23H21F3N2O3. The third-order valence-corrected chi connectivity index (χ3v) is 5.09. The van der Waals surface area contributed by atoms with E-state index in [2.05, 4.69) is 5.10 Å². The maximum atomic E-state index is 12.8. The zero-order chi connectivity index (χ0) is 22.8. The van der Waals surface area contributed by atoms with Crippen LogP contribution in [0.25, 0.3) is 0 Å². The van der Waals surface area contributed by atoms with Gasteiger partial charge in [-0.2, -0.15) is 18.3 Å². The average Bonchev–Trinajstić information content (AvgIpc) is 2.95. The van der Waals surface area contributed by atoms with E-state index in [1.54, 1.807) is 35.9 Å². The fourth-order valence-corrected chi connectivity index (χ4v) is 3.41. The number of rotatable bonds is 7. The number of hydrogen-bond donors (Lipinski definition) is 1. The van der Waals surface area contributed by atoms with Crippen LogP contribution in [0.1, 0.15) is 44.0 Å². The Balaban J connectivity index is 1.71. The number of aromatic nitrogens is 2. The van der Waals surface area contributed by atoms with Gasteiger partial charge in [0.1, 0.15) is 0 Å². The SMILES string of the molecule is Cc1nn(Cc2ccc(C(=O)Cc3cccc(C(F)(F)F)c3)cc2)c(C)c1CC(=O)O. The predicted octanol–water partition coefficient (Wildman–Crippen LogP) is 4.62. The fourth-order valence-electron chi connectivity index (χ4n) is 3.41. The highest BCUT2D eigenvalue weighted by atomic mass is 19.4. The van der Waals surface area contributed by atoms with Crippen LogP contribution >= 0.6 is 0 Å². The van der Waals surface area contributed by atoms with Gasteiger partial charge in [-0.3, -0.25) is 14.3 Å². The highest BCUT2D eigenvalue weighted by Gasteiger charge is 2.30. The van der Waals surface area contributed by atoms with Crippen molar-refractivity contribution in [1.82, 2.24) is 9.78 Å². The van der Waals surface area contributed by atoms with E-state index in [1.807, 2.05) is 6.92 Å². The Morgan fingerprint density at radius 1 is 1.00 bits per heavy atom. The monoisotopic (exact) mass is 430 g/mol. The van der Waals surface area contributed by atoms with Crippen LogP contribution < -0.4 is 0 Å². The first-order valence-electron chi connectivity index (χ1n) is 9.57. The molecule has 162 valence electrons. The standard InChI is InChI=1S/C23H21F3N2O3/c1-14-20(12-22(30)31)15(2)28(27-14)13-16-6-8-18(9-7-16)21(29)11-17-4-3-5-19(10-17)23(24,25)26/h3-10H,11-13H2,1-2H3,(H,30,31). The normalized spacial score (nSPS) is 11.5. The number of halogens is 3. The summed E-state index contributed by atoms with van der Waals surface area (Å²) in [5.41, 5.74) is 2.90. The molecule has 1 N–H and O–H groups in total. The first kappa shape index (κ1) is 22.3. The Labute approximate surface area is 177 Å². The molecule has 0 saturated carbocycles. The van der Waals surface area contributed by atoms with Crippen molar-refractivity contribution in [3.63, 3.8) is 0 Å². The molecule has 0 aliphatic rings.